The molecule has 13 atom stereocenters. The van der Waals surface area contributed by atoms with E-state index in [1.807, 2.05) is 86.0 Å². The van der Waals surface area contributed by atoms with E-state index in [0.717, 1.165) is 12.3 Å². The van der Waals surface area contributed by atoms with Gasteiger partial charge in [-0.15, -0.1) is 0 Å². The zero-order valence-corrected chi connectivity index (χ0v) is 66.6. The van der Waals surface area contributed by atoms with Gasteiger partial charge in [0.15, 0.2) is 34.7 Å². The minimum Gasteiger partial charge on any atom is -0.392 e. The van der Waals surface area contributed by atoms with Gasteiger partial charge in [0.2, 0.25) is 35.4 Å². The number of carbonyl (C=O) groups excluding carboxylic acids is 11. The highest BCUT2D eigenvalue weighted by atomic mass is 16.6. The van der Waals surface area contributed by atoms with Crippen molar-refractivity contribution in [2.24, 2.45) is 75.2 Å². The smallest absolute Gasteiger partial charge is 0.245 e. The van der Waals surface area contributed by atoms with Crippen LogP contribution in [0, 0.1) is 65.1 Å². The fourth-order valence-corrected chi connectivity index (χ4v) is 13.1. The van der Waals surface area contributed by atoms with Crippen LogP contribution in [0.2, 0.25) is 0 Å². The van der Waals surface area contributed by atoms with Gasteiger partial charge >= 0.3 is 0 Å². The number of allylic oxidation sites excluding steroid dienone is 2. The van der Waals surface area contributed by atoms with E-state index in [4.69, 9.17) is 9.57 Å². The molecule has 1 heterocycles. The number of nitrogens with zero attached hydrogens (tertiary/aromatic N) is 6. The number of amides is 6. The SMILES string of the molecule is C/C=C/C[C@@H](C)[C@@H](O)[C@@H]1CC(=O)[C@H](C(C)C)N(C)C(=O)[C@H](CC(C)C)CC(=O)[C@H](CC(C)C)N(C)C(=O)[C@@H](C)NC(=O)[C@H](C)CC(=O)[C@H](CC(C)C)N(C)C(=O)[C@H](C(C)C)CC(=O)[C@H]([C@@H](C)OCCC/C=N/Oc2ccccc2)N(C)C(=O)CCC(=O)[C@H](CC)NC1=O.CN=CCCCC(C)C. The normalized spacial score (nSPS) is 24.7. The summed E-state index contributed by atoms with van der Waals surface area (Å²) in [6, 6.07) is 2.28. The van der Waals surface area contributed by atoms with Crippen LogP contribution in [0.5, 0.6) is 5.75 Å². The van der Waals surface area contributed by atoms with Crippen LogP contribution < -0.4 is 15.5 Å². The van der Waals surface area contributed by atoms with Crippen LogP contribution in [0.3, 0.4) is 0 Å². The quantitative estimate of drug-likeness (QED) is 0.0355. The van der Waals surface area contributed by atoms with E-state index in [2.05, 4.69) is 34.6 Å². The number of para-hydroxylation sites is 1. The first-order valence-corrected chi connectivity index (χ1v) is 37.6. The van der Waals surface area contributed by atoms with Crippen molar-refractivity contribution in [2.45, 2.75) is 276 Å². The number of aliphatic imine (C=N–C) groups is 1. The van der Waals surface area contributed by atoms with Crippen molar-refractivity contribution in [3.05, 3.63) is 42.5 Å². The number of hydrogen-bond donors (Lipinski definition) is 3. The van der Waals surface area contributed by atoms with E-state index in [9.17, 15) is 57.8 Å². The Morgan fingerprint density at radius 2 is 1.13 bits per heavy atom. The van der Waals surface area contributed by atoms with Crippen molar-refractivity contribution in [3.63, 3.8) is 0 Å². The Morgan fingerprint density at radius 3 is 1.66 bits per heavy atom. The number of aliphatic hydroxyl groups is 1. The Hall–Kier alpha value is -6.81. The number of likely N-dealkylation sites (N-methyl/N-ethyl adjacent to an activating group) is 4. The van der Waals surface area contributed by atoms with E-state index in [0.29, 0.717) is 25.0 Å². The lowest BCUT2D eigenvalue weighted by Crippen LogP contribution is -2.53. The zero-order chi connectivity index (χ0) is 77.8. The third kappa shape index (κ3) is 32.5. The molecule has 1 fully saturated rings. The first-order valence-electron chi connectivity index (χ1n) is 37.6. The highest BCUT2D eigenvalue weighted by molar-refractivity contribution is 5.99. The largest absolute Gasteiger partial charge is 0.392 e. The maximum Gasteiger partial charge on any atom is 0.245 e. The number of benzene rings is 1. The van der Waals surface area contributed by atoms with E-state index in [1.54, 1.807) is 79.8 Å². The summed E-state index contributed by atoms with van der Waals surface area (Å²) in [5, 5.41) is 21.6. The molecule has 22 nitrogen and oxygen atoms in total. The van der Waals surface area contributed by atoms with E-state index in [1.165, 1.54) is 67.6 Å². The lowest BCUT2D eigenvalue weighted by Gasteiger charge is -2.36. The Bertz CT molecular complexity index is 2870. The molecule has 22 heteroatoms. The topological polar surface area (TPSA) is 288 Å². The third-order valence-corrected chi connectivity index (χ3v) is 19.2. The predicted octanol–water partition coefficient (Wildman–Crippen LogP) is 11.6. The number of carbonyl (C=O) groups is 11. The number of ketones is 5. The van der Waals surface area contributed by atoms with Crippen molar-refractivity contribution in [3.8, 4) is 5.75 Å². The van der Waals surface area contributed by atoms with Crippen molar-refractivity contribution in [1.82, 2.24) is 30.2 Å². The van der Waals surface area contributed by atoms with E-state index >= 15 is 0 Å². The molecule has 0 aliphatic carbocycles. The molecule has 0 unspecified atom stereocenters. The first-order chi connectivity index (χ1) is 47.8. The van der Waals surface area contributed by atoms with Gasteiger partial charge in [-0.25, -0.2) is 0 Å². The lowest BCUT2D eigenvalue weighted by atomic mass is 9.82. The molecule has 1 aliphatic heterocycles. The van der Waals surface area contributed by atoms with Crippen LogP contribution in [0.15, 0.2) is 52.6 Å². The van der Waals surface area contributed by atoms with E-state index in [-0.39, 0.29) is 75.7 Å². The second-order valence-electron chi connectivity index (χ2n) is 30.8. The fraction of sp³-hybridized carbons (Fsp3) is 0.738. The maximum absolute atomic E-state index is 15.0. The monoisotopic (exact) mass is 1430 g/mol. The van der Waals surface area contributed by atoms with Gasteiger partial charge in [-0.2, -0.15) is 0 Å². The molecule has 0 radical (unpaired) electrons. The van der Waals surface area contributed by atoms with E-state index < -0.39 is 167 Å². The van der Waals surface area contributed by atoms with Gasteiger partial charge in [0.25, 0.3) is 0 Å². The summed E-state index contributed by atoms with van der Waals surface area (Å²) in [4.78, 5) is 175. The zero-order valence-electron chi connectivity index (χ0n) is 66.6. The molecule has 6 amide bonds. The molecular weight excluding hydrogens is 1300 g/mol. The van der Waals surface area contributed by atoms with Gasteiger partial charge in [-0.05, 0) is 138 Å². The van der Waals surface area contributed by atoms with Crippen LogP contribution in [0.4, 0.5) is 0 Å². The van der Waals surface area contributed by atoms with Crippen LogP contribution in [0.1, 0.15) is 227 Å². The Kier molecular flexibility index (Phi) is 44.1. The number of hydrogen-bond acceptors (Lipinski definition) is 16. The number of unbranched alkanes of at least 4 members (excludes halogenated alkanes) is 2. The molecule has 1 aromatic rings. The number of rotatable bonds is 25. The Morgan fingerprint density at radius 1 is 0.578 bits per heavy atom. The number of oxime groups is 1. The van der Waals surface area contributed by atoms with Crippen LogP contribution in [0.25, 0.3) is 0 Å². The van der Waals surface area contributed by atoms with Crippen molar-refractivity contribution in [1.29, 1.82) is 0 Å². The van der Waals surface area contributed by atoms with Gasteiger partial charge in [-0.3, -0.25) is 52.7 Å². The molecule has 578 valence electrons. The summed E-state index contributed by atoms with van der Waals surface area (Å²) in [6.45, 7) is 33.0. The van der Waals surface area contributed by atoms with Gasteiger partial charge in [0.1, 0.15) is 12.1 Å². The van der Waals surface area contributed by atoms with Crippen LogP contribution >= 0.6 is 0 Å². The van der Waals surface area contributed by atoms with Gasteiger partial charge in [0.05, 0.1) is 42.3 Å². The van der Waals surface area contributed by atoms with Crippen molar-refractivity contribution < 1.29 is 67.4 Å². The molecule has 0 spiro atoms. The average molecular weight is 1430 g/mol. The summed E-state index contributed by atoms with van der Waals surface area (Å²) < 4.78 is 6.26. The molecule has 1 saturated heterocycles. The molecular formula is C80H134N8O14. The first kappa shape index (κ1) is 93.2. The van der Waals surface area contributed by atoms with Gasteiger partial charge < -0.3 is 49.9 Å². The Labute approximate surface area is 612 Å². The second kappa shape index (κ2) is 48.3. The summed E-state index contributed by atoms with van der Waals surface area (Å²) in [7, 11) is 7.72. The number of Topliss-reactive ketones (excluding diaryl/α,β-unsaturated/α-hetero) is 5. The molecule has 0 aromatic heterocycles. The maximum atomic E-state index is 15.0. The van der Waals surface area contributed by atoms with Gasteiger partial charge in [0, 0.05) is 104 Å². The minimum absolute atomic E-state index is 0.0775. The minimum atomic E-state index is -1.40. The molecule has 102 heavy (non-hydrogen) atoms. The third-order valence-electron chi connectivity index (χ3n) is 19.2. The van der Waals surface area contributed by atoms with Crippen LogP contribution in [-0.4, -0.2) is 192 Å². The summed E-state index contributed by atoms with van der Waals surface area (Å²) >= 11 is 0. The molecule has 1 aliphatic rings. The predicted molar refractivity (Wildman–Crippen MR) is 404 cm³/mol. The van der Waals surface area contributed by atoms with Crippen LogP contribution in [-0.2, 0) is 57.5 Å². The Balaban J connectivity index is 0.00000537. The fourth-order valence-electron chi connectivity index (χ4n) is 13.1. The lowest BCUT2D eigenvalue weighted by molar-refractivity contribution is -0.148. The number of nitrogens with one attached hydrogen (secondary N) is 2. The number of aliphatic hydroxyl groups excluding tert-OH is 1. The molecule has 3 N–H and O–H groups in total. The molecule has 0 saturated carbocycles. The summed E-state index contributed by atoms with van der Waals surface area (Å²) in [6.07, 6.45) is 8.43. The van der Waals surface area contributed by atoms with Gasteiger partial charge in [-0.1, -0.05) is 146 Å². The van der Waals surface area contributed by atoms with Crippen molar-refractivity contribution >= 4 is 76.8 Å². The highest BCUT2D eigenvalue weighted by Gasteiger charge is 2.43. The summed E-state index contributed by atoms with van der Waals surface area (Å²) in [5.41, 5.74) is 0. The molecule has 2 rings (SSSR count). The molecule has 0 bridgehead atoms. The van der Waals surface area contributed by atoms with Crippen molar-refractivity contribution in [2.75, 3.05) is 41.8 Å². The highest BCUT2D eigenvalue weighted by Crippen LogP contribution is 2.30. The second-order valence-corrected chi connectivity index (χ2v) is 30.8. The standard InChI is InChI=1S/C72H117N7O14.C8H17N/c1-21-23-29-48(13)67(86)55-42-62(83)65(47(11)12)79(20)71(90)52(36-43(3)4)40-61(82)58(38-45(7)8)76(17)70(89)50(15)74-68(87)49(14)39-60(81)57(37-44(5)6)77(18)72(91)54(46(9)10)41-63(84)66(78(19)64(85)33-32-59(80)56(22-2)75-69(55)88)51(16)92-35-28-27-34-73-93-53-30-25-24-26-31-53;1-8(2)6-4-5-7-9-3/h21,23-26,30-31,34,43-52,54-58,65-67,86H,22,27-29,32-33,35-42H2,1-20H3,(H,74,87)(H,75,88);7-8H,4-6H2,1-3H3/b23-21+,73-34+;/t48-,49-,50-,51-,52-,54+,55+,56+,57+,58+,65+,66+,67-;/m1./s1. The summed E-state index contributed by atoms with van der Waals surface area (Å²) in [5.74, 6) is -10.6. The number of ether oxygens (including phenoxy) is 1. The molecule has 1 aromatic carbocycles. The average Bonchev–Trinajstić information content (AvgIpc) is 0.828.